The van der Waals surface area contributed by atoms with E-state index >= 15 is 0 Å². The van der Waals surface area contributed by atoms with E-state index in [1.807, 2.05) is 0 Å². The number of benzene rings is 1. The summed E-state index contributed by atoms with van der Waals surface area (Å²) >= 11 is 0. The van der Waals surface area contributed by atoms with Gasteiger partial charge in [-0.25, -0.2) is 28.2 Å². The van der Waals surface area contributed by atoms with E-state index in [2.05, 4.69) is 26.8 Å². The molecule has 0 spiro atoms. The summed E-state index contributed by atoms with van der Waals surface area (Å²) in [7, 11) is 3.17. The van der Waals surface area contributed by atoms with Crippen molar-refractivity contribution in [3.63, 3.8) is 0 Å². The second kappa shape index (κ2) is 11.6. The standard InChI is InChI=1S/C30H35F2N7O4/c1-29(2,3)42-27(40)37(9)26-25(33-7)22(11-10-18-12-23-24(14-21(18)32)36(8)17-34-23)35-39(26)20-13-19(15-31)38(16-20)28(41)43-30(4,5)6/h12,14,17,19-20H,13,15-16H2,1-6,8-9H3/t19-,20+/m1/s1. The molecule has 1 fully saturated rings. The lowest BCUT2D eigenvalue weighted by molar-refractivity contribution is 0.0202. The van der Waals surface area contributed by atoms with Crippen molar-refractivity contribution in [3.05, 3.63) is 47.0 Å². The zero-order valence-corrected chi connectivity index (χ0v) is 25.5. The highest BCUT2D eigenvalue weighted by Crippen LogP contribution is 2.39. The summed E-state index contributed by atoms with van der Waals surface area (Å²) in [5, 5.41) is 4.55. The Hall–Kier alpha value is -4.65. The Morgan fingerprint density at radius 2 is 1.84 bits per heavy atom. The Morgan fingerprint density at radius 1 is 1.16 bits per heavy atom. The first-order valence-electron chi connectivity index (χ1n) is 13.7. The molecule has 0 aliphatic carbocycles. The van der Waals surface area contributed by atoms with Crippen LogP contribution >= 0.6 is 0 Å². The summed E-state index contributed by atoms with van der Waals surface area (Å²) in [4.78, 5) is 36.3. The van der Waals surface area contributed by atoms with Gasteiger partial charge in [0.15, 0.2) is 0 Å². The van der Waals surface area contributed by atoms with E-state index in [1.165, 1.54) is 28.8 Å². The van der Waals surface area contributed by atoms with Crippen LogP contribution in [-0.4, -0.2) is 73.9 Å². The van der Waals surface area contributed by atoms with Gasteiger partial charge >= 0.3 is 12.2 Å². The number of hydrogen-bond acceptors (Lipinski definition) is 6. The molecule has 11 nitrogen and oxygen atoms in total. The quantitative estimate of drug-likeness (QED) is 0.283. The molecule has 2 amide bonds. The molecule has 0 N–H and O–H groups in total. The van der Waals surface area contributed by atoms with E-state index in [0.29, 0.717) is 11.0 Å². The monoisotopic (exact) mass is 595 g/mol. The van der Waals surface area contributed by atoms with Crippen LogP contribution in [0, 0.1) is 24.2 Å². The van der Waals surface area contributed by atoms with Crippen molar-refractivity contribution in [1.82, 2.24) is 24.2 Å². The Morgan fingerprint density at radius 3 is 2.44 bits per heavy atom. The summed E-state index contributed by atoms with van der Waals surface area (Å²) in [5.74, 6) is 5.01. The van der Waals surface area contributed by atoms with Crippen molar-refractivity contribution in [3.8, 4) is 11.8 Å². The number of carbonyl (C=O) groups excluding carboxylic acids is 2. The lowest BCUT2D eigenvalue weighted by Crippen LogP contribution is -2.41. The molecule has 3 aromatic rings. The Bertz CT molecular complexity index is 1660. The van der Waals surface area contributed by atoms with Crippen LogP contribution in [0.15, 0.2) is 18.5 Å². The highest BCUT2D eigenvalue weighted by molar-refractivity contribution is 5.92. The summed E-state index contributed by atoms with van der Waals surface area (Å²) < 4.78 is 43.1. The van der Waals surface area contributed by atoms with Crippen LogP contribution in [0.5, 0.6) is 0 Å². The Kier molecular flexibility index (Phi) is 8.41. The molecule has 43 heavy (non-hydrogen) atoms. The molecule has 0 radical (unpaired) electrons. The number of anilines is 1. The minimum absolute atomic E-state index is 0.00954. The van der Waals surface area contributed by atoms with Crippen molar-refractivity contribution < 1.29 is 27.8 Å². The molecule has 228 valence electrons. The van der Waals surface area contributed by atoms with Crippen molar-refractivity contribution in [2.75, 3.05) is 25.2 Å². The van der Waals surface area contributed by atoms with Crippen LogP contribution in [0.3, 0.4) is 0 Å². The summed E-state index contributed by atoms with van der Waals surface area (Å²) in [6.45, 7) is 17.4. The summed E-state index contributed by atoms with van der Waals surface area (Å²) in [5.41, 5.74) is -0.543. The second-order valence-corrected chi connectivity index (χ2v) is 12.4. The SMILES string of the molecule is [C-]#[N+]c1c(C#Cc2cc3ncn(C)c3cc2F)nn([C@H]2C[C@H](CF)N(C(=O)OC(C)(C)C)C2)c1N(C)C(=O)OC(C)(C)C. The van der Waals surface area contributed by atoms with Crippen molar-refractivity contribution in [2.45, 2.75) is 71.2 Å². The van der Waals surface area contributed by atoms with Crippen LogP contribution in [-0.2, 0) is 16.5 Å². The number of ether oxygens (including phenoxy) is 2. The fourth-order valence-corrected chi connectivity index (χ4v) is 4.72. The second-order valence-electron chi connectivity index (χ2n) is 12.4. The molecular formula is C30H35F2N7O4. The first-order valence-corrected chi connectivity index (χ1v) is 13.7. The molecule has 1 aliphatic heterocycles. The number of halogens is 2. The largest absolute Gasteiger partial charge is 0.444 e. The molecule has 4 rings (SSSR count). The number of amides is 2. The minimum Gasteiger partial charge on any atom is -0.444 e. The van der Waals surface area contributed by atoms with E-state index < -0.39 is 48.0 Å². The number of aromatic nitrogens is 4. The van der Waals surface area contributed by atoms with Gasteiger partial charge in [0.1, 0.15) is 35.2 Å². The molecule has 2 aromatic heterocycles. The zero-order valence-electron chi connectivity index (χ0n) is 25.5. The van der Waals surface area contributed by atoms with Gasteiger partial charge in [0, 0.05) is 26.7 Å². The molecule has 0 bridgehead atoms. The predicted octanol–water partition coefficient (Wildman–Crippen LogP) is 5.75. The lowest BCUT2D eigenvalue weighted by atomic mass is 10.1. The van der Waals surface area contributed by atoms with Gasteiger partial charge in [0.05, 0.1) is 41.6 Å². The van der Waals surface area contributed by atoms with E-state index in [1.54, 1.807) is 59.5 Å². The zero-order chi connectivity index (χ0) is 31.9. The van der Waals surface area contributed by atoms with Crippen molar-refractivity contribution in [2.24, 2.45) is 7.05 Å². The van der Waals surface area contributed by atoms with Crippen molar-refractivity contribution in [1.29, 1.82) is 0 Å². The molecular weight excluding hydrogens is 560 g/mol. The predicted molar refractivity (Wildman–Crippen MR) is 156 cm³/mol. The number of rotatable bonds is 3. The number of nitrogens with zero attached hydrogens (tertiary/aromatic N) is 7. The van der Waals surface area contributed by atoms with Gasteiger partial charge in [-0.2, -0.15) is 5.10 Å². The van der Waals surface area contributed by atoms with Gasteiger partial charge in [-0.15, -0.1) is 0 Å². The molecule has 1 aromatic carbocycles. The lowest BCUT2D eigenvalue weighted by Gasteiger charge is -2.27. The summed E-state index contributed by atoms with van der Waals surface area (Å²) in [6, 6.07) is 1.38. The number of carbonyl (C=O) groups is 2. The van der Waals surface area contributed by atoms with Crippen molar-refractivity contribution >= 4 is 34.7 Å². The van der Waals surface area contributed by atoms with E-state index in [-0.39, 0.29) is 35.7 Å². The van der Waals surface area contributed by atoms with Gasteiger partial charge in [-0.05, 0) is 54.0 Å². The van der Waals surface area contributed by atoms with Crippen LogP contribution in [0.2, 0.25) is 0 Å². The maximum Gasteiger partial charge on any atom is 0.414 e. The normalized spacial score (nSPS) is 16.9. The number of aryl methyl sites for hydroxylation is 1. The average molecular weight is 596 g/mol. The molecule has 0 unspecified atom stereocenters. The van der Waals surface area contributed by atoms with Gasteiger partial charge in [0.25, 0.3) is 5.69 Å². The third kappa shape index (κ3) is 6.72. The first-order chi connectivity index (χ1) is 20.0. The highest BCUT2D eigenvalue weighted by Gasteiger charge is 2.41. The molecule has 1 aliphatic rings. The third-order valence-electron chi connectivity index (χ3n) is 6.63. The summed E-state index contributed by atoms with van der Waals surface area (Å²) in [6.07, 6.45) is 0.263. The third-order valence-corrected chi connectivity index (χ3v) is 6.63. The molecule has 2 atom stereocenters. The maximum absolute atomic E-state index is 14.9. The molecule has 0 saturated carbocycles. The maximum atomic E-state index is 14.9. The van der Waals surface area contributed by atoms with Crippen LogP contribution in [0.1, 0.15) is 65.3 Å². The van der Waals surface area contributed by atoms with Gasteiger partial charge < -0.3 is 18.9 Å². The van der Waals surface area contributed by atoms with Gasteiger partial charge in [0.2, 0.25) is 0 Å². The van der Waals surface area contributed by atoms with Crippen LogP contribution < -0.4 is 4.90 Å². The smallest absolute Gasteiger partial charge is 0.414 e. The number of likely N-dealkylation sites (tertiary alicyclic amines) is 1. The average Bonchev–Trinajstić information content (AvgIpc) is 3.59. The van der Waals surface area contributed by atoms with E-state index in [0.717, 1.165) is 4.90 Å². The Labute approximate surface area is 249 Å². The fourth-order valence-electron chi connectivity index (χ4n) is 4.72. The topological polar surface area (TPSA) is 99.1 Å². The minimum atomic E-state index is -0.834. The fraction of sp³-hybridized carbons (Fsp3) is 0.500. The first kappa shape index (κ1) is 31.3. The number of alkyl halides is 1. The highest BCUT2D eigenvalue weighted by atomic mass is 19.1. The molecule has 3 heterocycles. The van der Waals surface area contributed by atoms with E-state index in [9.17, 15) is 18.4 Å². The van der Waals surface area contributed by atoms with Crippen LogP contribution in [0.4, 0.5) is 29.9 Å². The molecule has 1 saturated heterocycles. The molecule has 13 heteroatoms. The number of imidazole rings is 1. The van der Waals surface area contributed by atoms with Gasteiger partial charge in [-0.1, -0.05) is 11.8 Å². The number of fused-ring (bicyclic) bond motifs is 1. The Balaban J connectivity index is 1.80. The van der Waals surface area contributed by atoms with E-state index in [4.69, 9.17) is 16.0 Å². The van der Waals surface area contributed by atoms with Gasteiger partial charge in [-0.3, -0.25) is 9.58 Å². The van der Waals surface area contributed by atoms with Crippen LogP contribution in [0.25, 0.3) is 15.9 Å². The number of hydrogen-bond donors (Lipinski definition) is 0.